The molecule has 0 atom stereocenters. The van der Waals surface area contributed by atoms with Crippen molar-refractivity contribution in [1.82, 2.24) is 5.32 Å². The molecule has 106 valence electrons. The van der Waals surface area contributed by atoms with Crippen molar-refractivity contribution in [1.29, 1.82) is 0 Å². The third-order valence-electron chi connectivity index (χ3n) is 3.10. The molecule has 2 N–H and O–H groups in total. The molecule has 0 radical (unpaired) electrons. The summed E-state index contributed by atoms with van der Waals surface area (Å²) in [4.78, 5) is 11.8. The number of hydrogen-bond donors (Lipinski definition) is 2. The van der Waals surface area contributed by atoms with Crippen molar-refractivity contribution in [3.05, 3.63) is 47.2 Å². The maximum atomic E-state index is 11.8. The molecule has 1 aromatic heterocycles. The minimum Gasteiger partial charge on any atom is -0.451 e. The predicted octanol–water partition coefficient (Wildman–Crippen LogP) is 2.68. The van der Waals surface area contributed by atoms with Crippen molar-refractivity contribution in [3.8, 4) is 11.3 Å². The van der Waals surface area contributed by atoms with E-state index in [1.807, 2.05) is 26.0 Å². The third-order valence-corrected chi connectivity index (χ3v) is 3.10. The first kappa shape index (κ1) is 14.3. The Morgan fingerprint density at radius 2 is 2.05 bits per heavy atom. The number of aliphatic hydroxyl groups is 1. The standard InChI is InChI=1S/C16H19NO3/c1-11-4-5-13(12(2)10-11)14-6-7-15(20-14)16(19)17-8-3-9-18/h4-7,10,18H,3,8-9H2,1-2H3,(H,17,19). The molecule has 2 aromatic rings. The van der Waals surface area contributed by atoms with Crippen molar-refractivity contribution in [2.24, 2.45) is 0 Å². The molecule has 0 bridgehead atoms. The van der Waals surface area contributed by atoms with Crippen LogP contribution in [0.15, 0.2) is 34.7 Å². The highest BCUT2D eigenvalue weighted by molar-refractivity contribution is 5.92. The van der Waals surface area contributed by atoms with Crippen LogP contribution in [0.3, 0.4) is 0 Å². The lowest BCUT2D eigenvalue weighted by Crippen LogP contribution is -2.24. The highest BCUT2D eigenvalue weighted by atomic mass is 16.3. The number of nitrogens with one attached hydrogen (secondary N) is 1. The van der Waals surface area contributed by atoms with Gasteiger partial charge in [0, 0.05) is 18.7 Å². The van der Waals surface area contributed by atoms with Crippen molar-refractivity contribution in [3.63, 3.8) is 0 Å². The summed E-state index contributed by atoms with van der Waals surface area (Å²) in [5, 5.41) is 11.4. The van der Waals surface area contributed by atoms with Crippen molar-refractivity contribution in [2.75, 3.05) is 13.2 Å². The van der Waals surface area contributed by atoms with E-state index in [9.17, 15) is 4.79 Å². The van der Waals surface area contributed by atoms with E-state index in [0.29, 0.717) is 18.7 Å². The second kappa shape index (κ2) is 6.39. The van der Waals surface area contributed by atoms with Gasteiger partial charge in [-0.1, -0.05) is 23.8 Å². The van der Waals surface area contributed by atoms with Crippen LogP contribution in [0.5, 0.6) is 0 Å². The number of carbonyl (C=O) groups excluding carboxylic acids is 1. The molecule has 0 unspecified atom stereocenters. The van der Waals surface area contributed by atoms with Gasteiger partial charge >= 0.3 is 0 Å². The Kier molecular flexibility index (Phi) is 4.58. The number of benzene rings is 1. The zero-order valence-electron chi connectivity index (χ0n) is 11.8. The van der Waals surface area contributed by atoms with Crippen LogP contribution in [0.2, 0.25) is 0 Å². The molecular formula is C16H19NO3. The van der Waals surface area contributed by atoms with Gasteiger partial charge in [-0.15, -0.1) is 0 Å². The van der Waals surface area contributed by atoms with Crippen LogP contribution < -0.4 is 5.32 Å². The van der Waals surface area contributed by atoms with Crippen LogP contribution >= 0.6 is 0 Å². The highest BCUT2D eigenvalue weighted by Gasteiger charge is 2.12. The third kappa shape index (κ3) is 3.27. The van der Waals surface area contributed by atoms with Gasteiger partial charge in [0.1, 0.15) is 5.76 Å². The van der Waals surface area contributed by atoms with E-state index in [-0.39, 0.29) is 18.3 Å². The van der Waals surface area contributed by atoms with Gasteiger partial charge in [-0.3, -0.25) is 4.79 Å². The second-order valence-corrected chi connectivity index (χ2v) is 4.82. The molecule has 4 nitrogen and oxygen atoms in total. The second-order valence-electron chi connectivity index (χ2n) is 4.82. The number of aliphatic hydroxyl groups excluding tert-OH is 1. The van der Waals surface area contributed by atoms with E-state index in [2.05, 4.69) is 11.4 Å². The Morgan fingerprint density at radius 1 is 1.25 bits per heavy atom. The smallest absolute Gasteiger partial charge is 0.287 e. The van der Waals surface area contributed by atoms with E-state index in [1.165, 1.54) is 5.56 Å². The van der Waals surface area contributed by atoms with Gasteiger partial charge in [0.15, 0.2) is 5.76 Å². The fourth-order valence-electron chi connectivity index (χ4n) is 2.06. The normalized spacial score (nSPS) is 10.6. The molecule has 1 amide bonds. The van der Waals surface area contributed by atoms with Crippen LogP contribution in [0.25, 0.3) is 11.3 Å². The fraction of sp³-hybridized carbons (Fsp3) is 0.312. The summed E-state index contributed by atoms with van der Waals surface area (Å²) in [5.74, 6) is 0.724. The first-order valence-electron chi connectivity index (χ1n) is 6.68. The Hall–Kier alpha value is -2.07. The van der Waals surface area contributed by atoms with Crippen LogP contribution in [0.4, 0.5) is 0 Å². The molecule has 1 aromatic carbocycles. The lowest BCUT2D eigenvalue weighted by Gasteiger charge is -2.04. The SMILES string of the molecule is Cc1ccc(-c2ccc(C(=O)NCCCO)o2)c(C)c1. The van der Waals surface area contributed by atoms with Gasteiger partial charge in [-0.2, -0.15) is 0 Å². The van der Waals surface area contributed by atoms with Gasteiger partial charge in [0.2, 0.25) is 0 Å². The highest BCUT2D eigenvalue weighted by Crippen LogP contribution is 2.26. The maximum Gasteiger partial charge on any atom is 0.287 e. The summed E-state index contributed by atoms with van der Waals surface area (Å²) < 4.78 is 5.61. The van der Waals surface area contributed by atoms with Crippen LogP contribution in [-0.4, -0.2) is 24.2 Å². The lowest BCUT2D eigenvalue weighted by molar-refractivity contribution is 0.0924. The minimum atomic E-state index is -0.255. The largest absolute Gasteiger partial charge is 0.451 e. The monoisotopic (exact) mass is 273 g/mol. The summed E-state index contributed by atoms with van der Waals surface area (Å²) in [6.45, 7) is 4.56. The summed E-state index contributed by atoms with van der Waals surface area (Å²) >= 11 is 0. The van der Waals surface area contributed by atoms with Crippen molar-refractivity contribution in [2.45, 2.75) is 20.3 Å². The zero-order valence-corrected chi connectivity index (χ0v) is 11.8. The van der Waals surface area contributed by atoms with Crippen molar-refractivity contribution >= 4 is 5.91 Å². The Balaban J connectivity index is 2.14. The molecule has 4 heteroatoms. The Labute approximate surface area is 118 Å². The molecule has 0 aliphatic heterocycles. The molecule has 0 saturated carbocycles. The average molecular weight is 273 g/mol. The molecule has 2 rings (SSSR count). The first-order chi connectivity index (χ1) is 9.61. The quantitative estimate of drug-likeness (QED) is 0.823. The van der Waals surface area contributed by atoms with Crippen LogP contribution in [-0.2, 0) is 0 Å². The van der Waals surface area contributed by atoms with Gasteiger partial charge in [-0.25, -0.2) is 0 Å². The topological polar surface area (TPSA) is 62.5 Å². The van der Waals surface area contributed by atoms with E-state index >= 15 is 0 Å². The molecule has 0 aliphatic carbocycles. The Bertz CT molecular complexity index is 602. The zero-order chi connectivity index (χ0) is 14.5. The number of aryl methyl sites for hydroxylation is 2. The molecular weight excluding hydrogens is 254 g/mol. The summed E-state index contributed by atoms with van der Waals surface area (Å²) in [6, 6.07) is 9.57. The number of amides is 1. The summed E-state index contributed by atoms with van der Waals surface area (Å²) in [5.41, 5.74) is 3.30. The van der Waals surface area contributed by atoms with Gasteiger partial charge < -0.3 is 14.8 Å². The number of rotatable bonds is 5. The van der Waals surface area contributed by atoms with Gasteiger partial charge in [0.05, 0.1) is 0 Å². The molecule has 0 spiro atoms. The van der Waals surface area contributed by atoms with Gasteiger partial charge in [0.25, 0.3) is 5.91 Å². The van der Waals surface area contributed by atoms with E-state index in [0.717, 1.165) is 11.1 Å². The van der Waals surface area contributed by atoms with E-state index < -0.39 is 0 Å². The molecule has 0 saturated heterocycles. The summed E-state index contributed by atoms with van der Waals surface area (Å²) in [6.07, 6.45) is 0.538. The molecule has 0 fully saturated rings. The van der Waals surface area contributed by atoms with E-state index in [1.54, 1.807) is 12.1 Å². The first-order valence-corrected chi connectivity index (χ1v) is 6.68. The minimum absolute atomic E-state index is 0.0618. The number of hydrogen-bond acceptors (Lipinski definition) is 3. The fourth-order valence-corrected chi connectivity index (χ4v) is 2.06. The number of carbonyl (C=O) groups is 1. The Morgan fingerprint density at radius 3 is 2.75 bits per heavy atom. The van der Waals surface area contributed by atoms with Crippen molar-refractivity contribution < 1.29 is 14.3 Å². The number of furan rings is 1. The molecule has 0 aliphatic rings. The summed E-state index contributed by atoms with van der Waals surface area (Å²) in [7, 11) is 0. The van der Waals surface area contributed by atoms with Crippen LogP contribution in [0.1, 0.15) is 28.1 Å². The lowest BCUT2D eigenvalue weighted by atomic mass is 10.0. The van der Waals surface area contributed by atoms with Gasteiger partial charge in [-0.05, 0) is 38.0 Å². The predicted molar refractivity (Wildman–Crippen MR) is 77.7 cm³/mol. The maximum absolute atomic E-state index is 11.8. The van der Waals surface area contributed by atoms with E-state index in [4.69, 9.17) is 9.52 Å². The average Bonchev–Trinajstić information content (AvgIpc) is 2.88. The molecule has 1 heterocycles. The molecule has 20 heavy (non-hydrogen) atoms. The van der Waals surface area contributed by atoms with Crippen LogP contribution in [0, 0.1) is 13.8 Å².